The van der Waals surface area contributed by atoms with Crippen molar-refractivity contribution in [3.05, 3.63) is 101 Å². The minimum Gasteiger partial charge on any atom is -0.483 e. The van der Waals surface area contributed by atoms with Crippen LogP contribution < -0.4 is 4.74 Å². The highest BCUT2D eigenvalue weighted by Crippen LogP contribution is 2.39. The van der Waals surface area contributed by atoms with E-state index in [4.69, 9.17) is 23.7 Å². The summed E-state index contributed by atoms with van der Waals surface area (Å²) in [4.78, 5) is 0.195. The topological polar surface area (TPSA) is 104 Å². The first-order valence-corrected chi connectivity index (χ1v) is 18.0. The van der Waals surface area contributed by atoms with Crippen molar-refractivity contribution in [3.8, 4) is 5.75 Å². The highest BCUT2D eigenvalue weighted by atomic mass is 32.2. The number of hydrogen-bond acceptors (Lipinski definition) is 8. The van der Waals surface area contributed by atoms with Gasteiger partial charge in [-0.1, -0.05) is 48.0 Å². The van der Waals surface area contributed by atoms with E-state index in [0.29, 0.717) is 26.4 Å². The van der Waals surface area contributed by atoms with Crippen LogP contribution in [0.3, 0.4) is 0 Å². The highest BCUT2D eigenvalue weighted by molar-refractivity contribution is 7.89. The number of aryl methyl sites for hydroxylation is 1. The largest absolute Gasteiger partial charge is 0.483 e. The lowest BCUT2D eigenvalue weighted by molar-refractivity contribution is -0.0534. The fourth-order valence-corrected chi connectivity index (χ4v) is 7.88. The average molecular weight is 680 g/mol. The Morgan fingerprint density at radius 3 is 2.31 bits per heavy atom. The molecule has 1 fully saturated rings. The number of hydrogen-bond donors (Lipinski definition) is 1. The summed E-state index contributed by atoms with van der Waals surface area (Å²) in [6.45, 7) is 8.45. The van der Waals surface area contributed by atoms with Crippen LogP contribution in [0.25, 0.3) is 5.57 Å². The van der Waals surface area contributed by atoms with Crippen molar-refractivity contribution in [2.45, 2.75) is 75.4 Å². The summed E-state index contributed by atoms with van der Waals surface area (Å²) >= 11 is 0. The second kappa shape index (κ2) is 16.1. The van der Waals surface area contributed by atoms with Gasteiger partial charge in [0.25, 0.3) is 0 Å². The Bertz CT molecular complexity index is 1640. The normalized spacial score (nSPS) is 21.0. The van der Waals surface area contributed by atoms with Crippen molar-refractivity contribution in [2.75, 3.05) is 47.1 Å². The number of ether oxygens (including phenoxy) is 5. The van der Waals surface area contributed by atoms with Gasteiger partial charge in [-0.05, 0) is 86.2 Å². The number of nitrogens with zero attached hydrogens (tertiary/aromatic N) is 1. The maximum Gasteiger partial charge on any atom is 0.243 e. The van der Waals surface area contributed by atoms with E-state index in [1.54, 1.807) is 38.5 Å². The van der Waals surface area contributed by atoms with Crippen molar-refractivity contribution in [2.24, 2.45) is 0 Å². The third-order valence-electron chi connectivity index (χ3n) is 8.86. The molecule has 3 aromatic carbocycles. The Hall–Kier alpha value is -3.09. The summed E-state index contributed by atoms with van der Waals surface area (Å²) in [5.41, 5.74) is 5.59. The molecule has 1 saturated heterocycles. The van der Waals surface area contributed by atoms with E-state index in [1.165, 1.54) is 9.88 Å². The number of sulfonamides is 1. The van der Waals surface area contributed by atoms with Gasteiger partial charge in [0, 0.05) is 45.4 Å². The van der Waals surface area contributed by atoms with E-state index in [-0.39, 0.29) is 24.6 Å². The van der Waals surface area contributed by atoms with Crippen LogP contribution in [0.1, 0.15) is 60.4 Å². The predicted molar refractivity (Wildman–Crippen MR) is 185 cm³/mol. The number of β-amino-alcohol motifs (C(OH)–C–C–N with tert-alkyl or cyclic N) is 1. The smallest absolute Gasteiger partial charge is 0.243 e. The molecule has 3 atom stereocenters. The maximum absolute atomic E-state index is 13.8. The van der Waals surface area contributed by atoms with Crippen molar-refractivity contribution in [1.82, 2.24) is 4.31 Å². The van der Waals surface area contributed by atoms with Crippen LogP contribution >= 0.6 is 0 Å². The molecule has 0 bridgehead atoms. The summed E-state index contributed by atoms with van der Waals surface area (Å²) in [5, 5.41) is 11.6. The van der Waals surface area contributed by atoms with Gasteiger partial charge < -0.3 is 28.8 Å². The van der Waals surface area contributed by atoms with Crippen LogP contribution in [0.5, 0.6) is 5.75 Å². The quantitative estimate of drug-likeness (QED) is 0.199. The van der Waals surface area contributed by atoms with Crippen LogP contribution in [-0.2, 0) is 42.2 Å². The highest BCUT2D eigenvalue weighted by Gasteiger charge is 2.42. The van der Waals surface area contributed by atoms with Crippen molar-refractivity contribution in [1.29, 1.82) is 0 Å². The lowest BCUT2D eigenvalue weighted by atomic mass is 9.85. The first-order valence-electron chi connectivity index (χ1n) is 16.6. The van der Waals surface area contributed by atoms with Gasteiger partial charge in [-0.3, -0.25) is 0 Å². The molecule has 0 aliphatic carbocycles. The predicted octanol–water partition coefficient (Wildman–Crippen LogP) is 5.87. The molecule has 3 aromatic rings. The third kappa shape index (κ3) is 8.92. The zero-order chi connectivity index (χ0) is 34.3. The second-order valence-corrected chi connectivity index (χ2v) is 15.1. The molecule has 0 unspecified atom stereocenters. The molecular weight excluding hydrogens is 630 g/mol. The monoisotopic (exact) mass is 679 g/mol. The molecule has 10 heteroatoms. The number of allylic oxidation sites excluding steroid dienone is 1. The molecule has 5 rings (SSSR count). The number of methoxy groups -OCH3 is 2. The van der Waals surface area contributed by atoms with E-state index in [1.807, 2.05) is 43.3 Å². The molecule has 2 aliphatic heterocycles. The van der Waals surface area contributed by atoms with Crippen LogP contribution in [-0.4, -0.2) is 82.8 Å². The lowest BCUT2D eigenvalue weighted by Crippen LogP contribution is -2.53. The Morgan fingerprint density at radius 1 is 0.896 bits per heavy atom. The number of aliphatic hydroxyl groups is 1. The zero-order valence-corrected chi connectivity index (χ0v) is 29.5. The molecule has 0 spiro atoms. The molecule has 0 aromatic heterocycles. The van der Waals surface area contributed by atoms with Gasteiger partial charge in [0.15, 0.2) is 0 Å². The van der Waals surface area contributed by atoms with Crippen molar-refractivity contribution in [3.63, 3.8) is 0 Å². The van der Waals surface area contributed by atoms with E-state index in [9.17, 15) is 13.5 Å². The Kier molecular flexibility index (Phi) is 12.1. The number of fused-ring (bicyclic) bond motifs is 1. The van der Waals surface area contributed by atoms with Gasteiger partial charge in [0.05, 0.1) is 43.5 Å². The molecule has 0 amide bonds. The van der Waals surface area contributed by atoms with Crippen LogP contribution in [0, 0.1) is 6.92 Å². The Morgan fingerprint density at radius 2 is 1.60 bits per heavy atom. The van der Waals surface area contributed by atoms with Gasteiger partial charge in [-0.25, -0.2) is 8.42 Å². The van der Waals surface area contributed by atoms with Crippen molar-refractivity contribution < 1.29 is 37.2 Å². The molecule has 0 saturated carbocycles. The van der Waals surface area contributed by atoms with E-state index >= 15 is 0 Å². The van der Waals surface area contributed by atoms with Gasteiger partial charge >= 0.3 is 0 Å². The Balaban J connectivity index is 1.39. The van der Waals surface area contributed by atoms with E-state index in [0.717, 1.165) is 46.4 Å². The van der Waals surface area contributed by atoms with Gasteiger partial charge in [-0.2, -0.15) is 4.31 Å². The molecule has 2 heterocycles. The summed E-state index contributed by atoms with van der Waals surface area (Å²) in [7, 11) is -0.517. The standard InChI is InChI=1S/C38H49NO8S/c1-27-8-15-32(16-9-27)48(41,42)39-23-34(40)37(30-13-10-28(11-14-30)25-45-20-19-44-5)36(24-39)46-26-29-12-17-35-33(21-29)31(7-6-18-43-4)22-38(2,3)47-35/h8-17,21-22,34,36-37,40H,6-7,18-20,23-26H2,1-5H3/t34-,36+,37+/m1/s1. The first kappa shape index (κ1) is 36.2. The number of rotatable bonds is 15. The second-order valence-electron chi connectivity index (χ2n) is 13.2. The van der Waals surface area contributed by atoms with Crippen molar-refractivity contribution >= 4 is 15.6 Å². The zero-order valence-electron chi connectivity index (χ0n) is 28.7. The molecule has 260 valence electrons. The first-order chi connectivity index (χ1) is 23.0. The Labute approximate surface area is 285 Å². The third-order valence-corrected chi connectivity index (χ3v) is 10.7. The summed E-state index contributed by atoms with van der Waals surface area (Å²) in [6, 6.07) is 20.7. The molecule has 48 heavy (non-hydrogen) atoms. The minimum absolute atomic E-state index is 0.0375. The van der Waals surface area contributed by atoms with Gasteiger partial charge in [0.2, 0.25) is 10.0 Å². The SMILES string of the molecule is COCCCC1=CC(C)(C)Oc2ccc(CO[C@H]3CN(S(=O)(=O)c4ccc(C)cc4)C[C@@H](O)[C@@H]3c3ccc(COCCOC)cc3)cc21. The molecule has 0 radical (unpaired) electrons. The average Bonchev–Trinajstić information content (AvgIpc) is 3.06. The lowest BCUT2D eigenvalue weighted by Gasteiger charge is -2.41. The van der Waals surface area contributed by atoms with E-state index < -0.39 is 33.8 Å². The molecular formula is C38H49NO8S. The van der Waals surface area contributed by atoms with Crippen LogP contribution in [0.2, 0.25) is 0 Å². The van der Waals surface area contributed by atoms with Crippen LogP contribution in [0.4, 0.5) is 0 Å². The maximum atomic E-state index is 13.8. The molecule has 2 aliphatic rings. The number of benzene rings is 3. The summed E-state index contributed by atoms with van der Waals surface area (Å²) < 4.78 is 57.8. The molecule has 9 nitrogen and oxygen atoms in total. The van der Waals surface area contributed by atoms with Gasteiger partial charge in [0.1, 0.15) is 11.4 Å². The summed E-state index contributed by atoms with van der Waals surface area (Å²) in [5.74, 6) is 0.385. The van der Waals surface area contributed by atoms with Crippen LogP contribution in [0.15, 0.2) is 77.7 Å². The molecule has 1 N–H and O–H groups in total. The fraction of sp³-hybridized carbons (Fsp3) is 0.474. The fourth-order valence-electron chi connectivity index (χ4n) is 6.41. The number of piperidine rings is 1. The van der Waals surface area contributed by atoms with E-state index in [2.05, 4.69) is 26.0 Å². The minimum atomic E-state index is -3.86. The van der Waals surface area contributed by atoms with Gasteiger partial charge in [-0.15, -0.1) is 0 Å². The summed E-state index contributed by atoms with van der Waals surface area (Å²) in [6.07, 6.45) is 2.32. The number of aliphatic hydroxyl groups excluding tert-OH is 1.